The Hall–Kier alpha value is -3.01. The van der Waals surface area contributed by atoms with Crippen molar-refractivity contribution in [3.63, 3.8) is 0 Å². The Morgan fingerprint density at radius 2 is 1.69 bits per heavy atom. The van der Waals surface area contributed by atoms with Gasteiger partial charge in [0.2, 0.25) is 5.91 Å². The smallest absolute Gasteiger partial charge is 0.220 e. The zero-order valence-corrected chi connectivity index (χ0v) is 15.1. The maximum atomic E-state index is 12.2. The molecule has 0 spiro atoms. The van der Waals surface area contributed by atoms with Crippen molar-refractivity contribution in [2.24, 2.45) is 0 Å². The molecule has 1 amide bonds. The van der Waals surface area contributed by atoms with Crippen LogP contribution in [0, 0.1) is 0 Å². The minimum Gasteiger partial charge on any atom is -0.493 e. The average molecular weight is 349 g/mol. The van der Waals surface area contributed by atoms with Gasteiger partial charge >= 0.3 is 0 Å². The lowest BCUT2D eigenvalue weighted by Crippen LogP contribution is -2.23. The summed E-state index contributed by atoms with van der Waals surface area (Å²) in [6.45, 7) is 0.534. The number of hydrogen-bond acceptors (Lipinski definition) is 3. The first-order valence-corrected chi connectivity index (χ1v) is 8.65. The molecule has 0 aliphatic heterocycles. The zero-order valence-electron chi connectivity index (χ0n) is 15.1. The van der Waals surface area contributed by atoms with Crippen LogP contribution in [-0.2, 0) is 17.8 Å². The van der Waals surface area contributed by atoms with E-state index in [1.807, 2.05) is 36.4 Å². The fourth-order valence-corrected chi connectivity index (χ4v) is 3.02. The van der Waals surface area contributed by atoms with Crippen molar-refractivity contribution >= 4 is 16.7 Å². The van der Waals surface area contributed by atoms with Crippen LogP contribution in [0.25, 0.3) is 10.8 Å². The second kappa shape index (κ2) is 8.39. The third-order valence-corrected chi connectivity index (χ3v) is 4.44. The van der Waals surface area contributed by atoms with E-state index < -0.39 is 0 Å². The molecule has 0 saturated carbocycles. The molecular formula is C22H23NO3. The fraction of sp³-hybridized carbons (Fsp3) is 0.227. The quantitative estimate of drug-likeness (QED) is 0.698. The lowest BCUT2D eigenvalue weighted by atomic mass is 10.0. The van der Waals surface area contributed by atoms with Gasteiger partial charge in [0.1, 0.15) is 0 Å². The molecule has 1 N–H and O–H groups in total. The summed E-state index contributed by atoms with van der Waals surface area (Å²) in [5.41, 5.74) is 2.17. The number of aryl methyl sites for hydroxylation is 1. The van der Waals surface area contributed by atoms with Crippen LogP contribution in [0.15, 0.2) is 60.7 Å². The van der Waals surface area contributed by atoms with Crippen molar-refractivity contribution in [3.8, 4) is 11.5 Å². The highest BCUT2D eigenvalue weighted by Gasteiger charge is 2.08. The zero-order chi connectivity index (χ0) is 18.4. The molecule has 0 atom stereocenters. The lowest BCUT2D eigenvalue weighted by molar-refractivity contribution is -0.121. The Bertz CT molecular complexity index is 900. The highest BCUT2D eigenvalue weighted by atomic mass is 16.5. The van der Waals surface area contributed by atoms with Gasteiger partial charge in [-0.25, -0.2) is 0 Å². The predicted molar refractivity (Wildman–Crippen MR) is 104 cm³/mol. The van der Waals surface area contributed by atoms with Gasteiger partial charge in [-0.2, -0.15) is 0 Å². The van der Waals surface area contributed by atoms with Gasteiger partial charge in [-0.3, -0.25) is 4.79 Å². The summed E-state index contributed by atoms with van der Waals surface area (Å²) in [6, 6.07) is 20.1. The van der Waals surface area contributed by atoms with Gasteiger partial charge in [0.25, 0.3) is 0 Å². The Morgan fingerprint density at radius 3 is 2.50 bits per heavy atom. The van der Waals surface area contributed by atoms with Gasteiger partial charge in [0, 0.05) is 13.0 Å². The van der Waals surface area contributed by atoms with Crippen LogP contribution in [0.2, 0.25) is 0 Å². The van der Waals surface area contributed by atoms with Crippen molar-refractivity contribution in [2.45, 2.75) is 19.4 Å². The number of hydrogen-bond donors (Lipinski definition) is 1. The molecule has 0 unspecified atom stereocenters. The normalized spacial score (nSPS) is 10.5. The van der Waals surface area contributed by atoms with Gasteiger partial charge in [0.05, 0.1) is 14.2 Å². The van der Waals surface area contributed by atoms with Crippen LogP contribution < -0.4 is 14.8 Å². The van der Waals surface area contributed by atoms with E-state index >= 15 is 0 Å². The number of carbonyl (C=O) groups excluding carboxylic acids is 1. The minimum atomic E-state index is 0.0349. The molecule has 0 radical (unpaired) electrons. The summed E-state index contributed by atoms with van der Waals surface area (Å²) < 4.78 is 10.5. The summed E-state index contributed by atoms with van der Waals surface area (Å²) in [7, 11) is 3.22. The number of carbonyl (C=O) groups is 1. The molecule has 26 heavy (non-hydrogen) atoms. The van der Waals surface area contributed by atoms with Crippen molar-refractivity contribution < 1.29 is 14.3 Å². The molecule has 4 nitrogen and oxygen atoms in total. The van der Waals surface area contributed by atoms with Crippen LogP contribution >= 0.6 is 0 Å². The average Bonchev–Trinajstić information content (AvgIpc) is 2.70. The molecule has 134 valence electrons. The van der Waals surface area contributed by atoms with Crippen LogP contribution in [-0.4, -0.2) is 20.1 Å². The second-order valence-electron chi connectivity index (χ2n) is 6.10. The van der Waals surface area contributed by atoms with Gasteiger partial charge in [-0.05, 0) is 40.5 Å². The van der Waals surface area contributed by atoms with Crippen LogP contribution in [0.4, 0.5) is 0 Å². The third-order valence-electron chi connectivity index (χ3n) is 4.44. The van der Waals surface area contributed by atoms with E-state index in [1.54, 1.807) is 14.2 Å². The van der Waals surface area contributed by atoms with Crippen molar-refractivity contribution in [1.29, 1.82) is 0 Å². The minimum absolute atomic E-state index is 0.0349. The Balaban J connectivity index is 1.58. The summed E-state index contributed by atoms with van der Waals surface area (Å²) in [5, 5.41) is 5.38. The molecule has 3 aromatic rings. The topological polar surface area (TPSA) is 47.6 Å². The molecule has 0 heterocycles. The highest BCUT2D eigenvalue weighted by molar-refractivity contribution is 5.86. The molecule has 0 fully saturated rings. The molecule has 4 heteroatoms. The highest BCUT2D eigenvalue weighted by Crippen LogP contribution is 2.28. The van der Waals surface area contributed by atoms with Crippen molar-refractivity contribution in [2.75, 3.05) is 14.2 Å². The number of ether oxygens (including phenoxy) is 2. The first-order chi connectivity index (χ1) is 12.7. The lowest BCUT2D eigenvalue weighted by Gasteiger charge is -2.10. The Kier molecular flexibility index (Phi) is 5.74. The van der Waals surface area contributed by atoms with E-state index in [4.69, 9.17) is 9.47 Å². The molecule has 0 bridgehead atoms. The van der Waals surface area contributed by atoms with Gasteiger partial charge < -0.3 is 14.8 Å². The molecule has 0 saturated heterocycles. The van der Waals surface area contributed by atoms with Crippen LogP contribution in [0.5, 0.6) is 11.5 Å². The maximum absolute atomic E-state index is 12.2. The van der Waals surface area contributed by atoms with Crippen molar-refractivity contribution in [1.82, 2.24) is 5.32 Å². The van der Waals surface area contributed by atoms with E-state index in [0.29, 0.717) is 30.9 Å². The van der Waals surface area contributed by atoms with Crippen molar-refractivity contribution in [3.05, 3.63) is 71.8 Å². The van der Waals surface area contributed by atoms with Crippen LogP contribution in [0.3, 0.4) is 0 Å². The second-order valence-corrected chi connectivity index (χ2v) is 6.10. The van der Waals surface area contributed by atoms with E-state index in [1.165, 1.54) is 10.8 Å². The summed E-state index contributed by atoms with van der Waals surface area (Å²) in [5.74, 6) is 1.41. The standard InChI is InChI=1S/C22H23NO3/c1-25-20-12-10-16(14-21(20)26-2)11-13-22(24)23-15-18-8-5-7-17-6-3-4-9-19(17)18/h3-10,12,14H,11,13,15H2,1-2H3,(H,23,24). The van der Waals surface area contributed by atoms with Gasteiger partial charge in [-0.1, -0.05) is 48.5 Å². The SMILES string of the molecule is COc1ccc(CCC(=O)NCc2cccc3ccccc23)cc1OC. The number of fused-ring (bicyclic) bond motifs is 1. The first-order valence-electron chi connectivity index (χ1n) is 8.65. The molecule has 0 aliphatic rings. The number of benzene rings is 3. The Morgan fingerprint density at radius 1 is 0.923 bits per heavy atom. The maximum Gasteiger partial charge on any atom is 0.220 e. The van der Waals surface area contributed by atoms with Gasteiger partial charge in [0.15, 0.2) is 11.5 Å². The van der Waals surface area contributed by atoms with Gasteiger partial charge in [-0.15, -0.1) is 0 Å². The number of methoxy groups -OCH3 is 2. The van der Waals surface area contributed by atoms with E-state index in [-0.39, 0.29) is 5.91 Å². The monoisotopic (exact) mass is 349 g/mol. The molecular weight excluding hydrogens is 326 g/mol. The van der Waals surface area contributed by atoms with E-state index in [2.05, 4.69) is 29.6 Å². The molecule has 0 aromatic heterocycles. The third kappa shape index (κ3) is 4.14. The summed E-state index contributed by atoms with van der Waals surface area (Å²) >= 11 is 0. The molecule has 3 rings (SSSR count). The van der Waals surface area contributed by atoms with E-state index in [0.717, 1.165) is 11.1 Å². The summed E-state index contributed by atoms with van der Waals surface area (Å²) in [4.78, 5) is 12.2. The van der Waals surface area contributed by atoms with Crippen LogP contribution in [0.1, 0.15) is 17.5 Å². The fourth-order valence-electron chi connectivity index (χ4n) is 3.02. The molecule has 3 aromatic carbocycles. The molecule has 0 aliphatic carbocycles. The number of nitrogens with one attached hydrogen (secondary N) is 1. The largest absolute Gasteiger partial charge is 0.493 e. The van der Waals surface area contributed by atoms with E-state index in [9.17, 15) is 4.79 Å². The Labute approximate surface area is 153 Å². The number of rotatable bonds is 7. The first kappa shape index (κ1) is 17.8. The number of amides is 1. The summed E-state index contributed by atoms with van der Waals surface area (Å²) in [6.07, 6.45) is 1.09. The predicted octanol–water partition coefficient (Wildman–Crippen LogP) is 4.11.